The number of hydrogen-bond acceptors (Lipinski definition) is 6. The Hall–Kier alpha value is -3.00. The van der Waals surface area contributed by atoms with Crippen molar-refractivity contribution in [2.75, 3.05) is 24.3 Å². The maximum Gasteiger partial charge on any atom is 0.234 e. The molecular formula is C20H20N4O3S. The van der Waals surface area contributed by atoms with Crippen molar-refractivity contribution >= 4 is 23.4 Å². The van der Waals surface area contributed by atoms with E-state index in [9.17, 15) is 4.79 Å². The van der Waals surface area contributed by atoms with Gasteiger partial charge in [-0.15, -0.1) is 10.2 Å². The van der Waals surface area contributed by atoms with Crippen molar-refractivity contribution in [1.82, 2.24) is 14.8 Å². The molecule has 0 unspecified atom stereocenters. The number of carbonyl (C=O) groups is 1. The fourth-order valence-corrected chi connectivity index (χ4v) is 3.73. The lowest BCUT2D eigenvalue weighted by Gasteiger charge is -2.19. The molecule has 0 fully saturated rings. The van der Waals surface area contributed by atoms with Gasteiger partial charge < -0.3 is 19.4 Å². The van der Waals surface area contributed by atoms with E-state index in [-0.39, 0.29) is 11.7 Å². The number of ether oxygens (including phenoxy) is 2. The summed E-state index contributed by atoms with van der Waals surface area (Å²) in [6, 6.07) is 15.3. The third kappa shape index (κ3) is 3.96. The summed E-state index contributed by atoms with van der Waals surface area (Å²) < 4.78 is 13.1. The number of fused-ring (bicyclic) bond motifs is 1. The predicted molar refractivity (Wildman–Crippen MR) is 108 cm³/mol. The molecule has 1 aliphatic rings. The first-order valence-electron chi connectivity index (χ1n) is 9.05. The minimum absolute atomic E-state index is 0.117. The molecule has 1 N–H and O–H groups in total. The van der Waals surface area contributed by atoms with Crippen molar-refractivity contribution in [2.45, 2.75) is 18.6 Å². The maximum atomic E-state index is 12.4. The molecular weight excluding hydrogens is 376 g/mol. The topological polar surface area (TPSA) is 78.3 Å². The lowest BCUT2D eigenvalue weighted by molar-refractivity contribution is -0.113. The van der Waals surface area contributed by atoms with Crippen LogP contribution in [0.3, 0.4) is 0 Å². The first-order chi connectivity index (χ1) is 13.7. The number of thioether (sulfide) groups is 1. The Balaban J connectivity index is 1.41. The number of anilines is 1. The molecule has 28 heavy (non-hydrogen) atoms. The van der Waals surface area contributed by atoms with Crippen LogP contribution in [0.5, 0.6) is 11.5 Å². The highest BCUT2D eigenvalue weighted by atomic mass is 32.2. The fourth-order valence-electron chi connectivity index (χ4n) is 2.93. The number of amides is 1. The second-order valence-corrected chi connectivity index (χ2v) is 7.05. The molecule has 2 heterocycles. The molecule has 0 spiro atoms. The van der Waals surface area contributed by atoms with Gasteiger partial charge in [0.25, 0.3) is 0 Å². The summed E-state index contributed by atoms with van der Waals surface area (Å²) in [6.07, 6.45) is 0. The van der Waals surface area contributed by atoms with Crippen molar-refractivity contribution in [3.8, 4) is 22.9 Å². The third-order valence-corrected chi connectivity index (χ3v) is 5.19. The lowest BCUT2D eigenvalue weighted by atomic mass is 10.2. The van der Waals surface area contributed by atoms with Crippen LogP contribution >= 0.6 is 11.8 Å². The molecule has 7 nitrogen and oxygen atoms in total. The average Bonchev–Trinajstić information content (AvgIpc) is 3.16. The molecule has 1 amide bonds. The van der Waals surface area contributed by atoms with Crippen molar-refractivity contribution in [3.63, 3.8) is 0 Å². The number of aromatic nitrogens is 3. The largest absolute Gasteiger partial charge is 0.486 e. The van der Waals surface area contributed by atoms with Crippen LogP contribution in [0, 0.1) is 0 Å². The Bertz CT molecular complexity index is 975. The maximum absolute atomic E-state index is 12.4. The van der Waals surface area contributed by atoms with Crippen LogP contribution in [-0.4, -0.2) is 39.6 Å². The average molecular weight is 396 g/mol. The molecule has 0 atom stereocenters. The molecule has 0 bridgehead atoms. The molecule has 3 aromatic rings. The van der Waals surface area contributed by atoms with Crippen LogP contribution in [0.15, 0.2) is 53.7 Å². The molecule has 144 valence electrons. The molecule has 0 saturated carbocycles. The van der Waals surface area contributed by atoms with Crippen LogP contribution in [0.25, 0.3) is 11.4 Å². The van der Waals surface area contributed by atoms with E-state index in [1.54, 1.807) is 18.2 Å². The van der Waals surface area contributed by atoms with Gasteiger partial charge in [-0.1, -0.05) is 42.1 Å². The standard InChI is InChI=1S/C20H20N4O3S/c1-2-24-19(14-6-4-3-5-7-14)22-23-20(24)28-13-18(25)21-15-8-9-16-17(12-15)27-11-10-26-16/h3-9,12H,2,10-11,13H2,1H3,(H,21,25). The highest BCUT2D eigenvalue weighted by Crippen LogP contribution is 2.32. The van der Waals surface area contributed by atoms with E-state index in [2.05, 4.69) is 15.5 Å². The van der Waals surface area contributed by atoms with Gasteiger partial charge in [0.1, 0.15) is 13.2 Å². The van der Waals surface area contributed by atoms with Crippen LogP contribution < -0.4 is 14.8 Å². The zero-order chi connectivity index (χ0) is 19.3. The Morgan fingerprint density at radius 3 is 2.68 bits per heavy atom. The minimum Gasteiger partial charge on any atom is -0.486 e. The van der Waals surface area contributed by atoms with Gasteiger partial charge in [-0.2, -0.15) is 0 Å². The van der Waals surface area contributed by atoms with Gasteiger partial charge in [-0.25, -0.2) is 0 Å². The van der Waals surface area contributed by atoms with Crippen LogP contribution in [0.1, 0.15) is 6.92 Å². The highest BCUT2D eigenvalue weighted by molar-refractivity contribution is 7.99. The second kappa shape index (κ2) is 8.35. The number of benzene rings is 2. The molecule has 8 heteroatoms. The van der Waals surface area contributed by atoms with Crippen LogP contribution in [0.2, 0.25) is 0 Å². The number of hydrogen-bond donors (Lipinski definition) is 1. The van der Waals surface area contributed by atoms with Crippen molar-refractivity contribution in [1.29, 1.82) is 0 Å². The Kier molecular flexibility index (Phi) is 5.48. The van der Waals surface area contributed by atoms with Crippen LogP contribution in [-0.2, 0) is 11.3 Å². The minimum atomic E-state index is -0.117. The van der Waals surface area contributed by atoms with Gasteiger partial charge in [0.05, 0.1) is 5.75 Å². The van der Waals surface area contributed by atoms with E-state index >= 15 is 0 Å². The molecule has 1 aliphatic heterocycles. The smallest absolute Gasteiger partial charge is 0.234 e. The van der Waals surface area contributed by atoms with E-state index in [4.69, 9.17) is 9.47 Å². The van der Waals surface area contributed by atoms with Crippen LogP contribution in [0.4, 0.5) is 5.69 Å². The second-order valence-electron chi connectivity index (χ2n) is 6.11. The van der Waals surface area contributed by atoms with Crippen molar-refractivity contribution in [3.05, 3.63) is 48.5 Å². The molecule has 4 rings (SSSR count). The van der Waals surface area contributed by atoms with Gasteiger partial charge in [0, 0.05) is 23.9 Å². The van der Waals surface area contributed by atoms with E-state index in [1.165, 1.54) is 11.8 Å². The Morgan fingerprint density at radius 1 is 1.11 bits per heavy atom. The Labute approximate surface area is 167 Å². The number of carbonyl (C=O) groups excluding carboxylic acids is 1. The van der Waals surface area contributed by atoms with Crippen molar-refractivity contribution < 1.29 is 14.3 Å². The summed E-state index contributed by atoms with van der Waals surface area (Å²) in [5.74, 6) is 2.27. The van der Waals surface area contributed by atoms with Crippen molar-refractivity contribution in [2.24, 2.45) is 0 Å². The predicted octanol–water partition coefficient (Wildman–Crippen LogP) is 3.47. The molecule has 0 saturated heterocycles. The molecule has 0 aliphatic carbocycles. The summed E-state index contributed by atoms with van der Waals surface area (Å²) in [4.78, 5) is 12.4. The molecule has 2 aromatic carbocycles. The van der Waals surface area contributed by atoms with Gasteiger partial charge in [0.15, 0.2) is 22.5 Å². The lowest BCUT2D eigenvalue weighted by Crippen LogP contribution is -2.17. The summed E-state index contributed by atoms with van der Waals surface area (Å²) >= 11 is 1.36. The first kappa shape index (κ1) is 18.4. The van der Waals surface area contributed by atoms with Gasteiger partial charge in [-0.3, -0.25) is 4.79 Å². The van der Waals surface area contributed by atoms with E-state index in [1.807, 2.05) is 41.8 Å². The first-order valence-corrected chi connectivity index (χ1v) is 10.0. The Morgan fingerprint density at radius 2 is 1.89 bits per heavy atom. The SMILES string of the molecule is CCn1c(SCC(=O)Nc2ccc3c(c2)OCCO3)nnc1-c1ccccc1. The van der Waals surface area contributed by atoms with E-state index in [0.29, 0.717) is 30.4 Å². The number of nitrogens with one attached hydrogen (secondary N) is 1. The summed E-state index contributed by atoms with van der Waals surface area (Å²) in [5.41, 5.74) is 1.68. The molecule has 1 aromatic heterocycles. The normalized spacial score (nSPS) is 12.6. The zero-order valence-corrected chi connectivity index (χ0v) is 16.2. The highest BCUT2D eigenvalue weighted by Gasteiger charge is 2.16. The molecule has 0 radical (unpaired) electrons. The van der Waals surface area contributed by atoms with Gasteiger partial charge in [0.2, 0.25) is 5.91 Å². The third-order valence-electron chi connectivity index (χ3n) is 4.22. The fraction of sp³-hybridized carbons (Fsp3) is 0.250. The van der Waals surface area contributed by atoms with Gasteiger partial charge in [-0.05, 0) is 19.1 Å². The zero-order valence-electron chi connectivity index (χ0n) is 15.4. The summed E-state index contributed by atoms with van der Waals surface area (Å²) in [7, 11) is 0. The van der Waals surface area contributed by atoms with Gasteiger partial charge >= 0.3 is 0 Å². The van der Waals surface area contributed by atoms with E-state index in [0.717, 1.165) is 23.1 Å². The quantitative estimate of drug-likeness (QED) is 0.643. The summed E-state index contributed by atoms with van der Waals surface area (Å²) in [5, 5.41) is 12.2. The number of nitrogens with zero attached hydrogens (tertiary/aromatic N) is 3. The number of rotatable bonds is 6. The summed E-state index contributed by atoms with van der Waals surface area (Å²) in [6.45, 7) is 3.81. The monoisotopic (exact) mass is 396 g/mol. The van der Waals surface area contributed by atoms with E-state index < -0.39 is 0 Å².